The standard InChI is InChI=1S/C19H24N2O3S2/c22-8-14-18(25-9-20-14)17(24)15-19(26-10-21-15)16(23)13-6-5-11-3-1-2-4-12(11)7-13/h1-4,13-15,18-22H,5-10H2/t13-,14+,15+,18?,19?/m0/s1. The second-order valence-corrected chi connectivity index (χ2v) is 9.41. The highest BCUT2D eigenvalue weighted by Gasteiger charge is 2.45. The van der Waals surface area contributed by atoms with E-state index < -0.39 is 6.04 Å². The Bertz CT molecular complexity index is 699. The number of carbonyl (C=O) groups excluding carboxylic acids is 2. The number of benzene rings is 1. The second-order valence-electron chi connectivity index (χ2n) is 7.15. The molecular formula is C19H24N2O3S2. The lowest BCUT2D eigenvalue weighted by Crippen LogP contribution is -2.51. The van der Waals surface area contributed by atoms with Gasteiger partial charge in [-0.15, -0.1) is 23.5 Å². The molecule has 1 aromatic rings. The van der Waals surface area contributed by atoms with Crippen LogP contribution in [0.1, 0.15) is 17.5 Å². The van der Waals surface area contributed by atoms with Crippen LogP contribution in [0, 0.1) is 5.92 Å². The number of fused-ring (bicyclic) bond motifs is 1. The van der Waals surface area contributed by atoms with Crippen molar-refractivity contribution in [1.82, 2.24) is 10.6 Å². The zero-order valence-corrected chi connectivity index (χ0v) is 16.2. The second kappa shape index (κ2) is 8.02. The smallest absolute Gasteiger partial charge is 0.165 e. The fraction of sp³-hybridized carbons (Fsp3) is 0.579. The van der Waals surface area contributed by atoms with E-state index in [1.54, 1.807) is 11.8 Å². The molecule has 0 saturated carbocycles. The van der Waals surface area contributed by atoms with Gasteiger partial charge >= 0.3 is 0 Å². The number of nitrogens with one attached hydrogen (secondary N) is 2. The lowest BCUT2D eigenvalue weighted by molar-refractivity contribution is -0.127. The van der Waals surface area contributed by atoms with Crippen LogP contribution in [0.25, 0.3) is 0 Å². The fourth-order valence-corrected chi connectivity index (χ4v) is 6.64. The van der Waals surface area contributed by atoms with Gasteiger partial charge in [0.1, 0.15) is 0 Å². The van der Waals surface area contributed by atoms with Crippen molar-refractivity contribution in [2.75, 3.05) is 18.4 Å². The van der Waals surface area contributed by atoms with Gasteiger partial charge in [0, 0.05) is 23.7 Å². The van der Waals surface area contributed by atoms with E-state index >= 15 is 0 Å². The predicted molar refractivity (Wildman–Crippen MR) is 105 cm³/mol. The Morgan fingerprint density at radius 2 is 1.77 bits per heavy atom. The van der Waals surface area contributed by atoms with Gasteiger partial charge in [0.15, 0.2) is 11.6 Å². The molecule has 0 amide bonds. The van der Waals surface area contributed by atoms with Gasteiger partial charge in [-0.25, -0.2) is 0 Å². The van der Waals surface area contributed by atoms with Crippen LogP contribution in [0.5, 0.6) is 0 Å². The molecule has 26 heavy (non-hydrogen) atoms. The maximum absolute atomic E-state index is 13.2. The lowest BCUT2D eigenvalue weighted by atomic mass is 9.80. The van der Waals surface area contributed by atoms with Gasteiger partial charge in [-0.05, 0) is 30.4 Å². The van der Waals surface area contributed by atoms with E-state index in [0.717, 1.165) is 19.3 Å². The van der Waals surface area contributed by atoms with Crippen molar-refractivity contribution < 1.29 is 14.7 Å². The highest BCUT2D eigenvalue weighted by molar-refractivity contribution is 8.01. The van der Waals surface area contributed by atoms with E-state index in [0.29, 0.717) is 11.8 Å². The number of hydrogen-bond donors (Lipinski definition) is 3. The predicted octanol–water partition coefficient (Wildman–Crippen LogP) is 0.984. The van der Waals surface area contributed by atoms with Crippen molar-refractivity contribution in [3.63, 3.8) is 0 Å². The summed E-state index contributed by atoms with van der Waals surface area (Å²) in [7, 11) is 0. The molecule has 1 aromatic carbocycles. The minimum Gasteiger partial charge on any atom is -0.395 e. The molecule has 0 bridgehead atoms. The van der Waals surface area contributed by atoms with Crippen LogP contribution in [0.4, 0.5) is 0 Å². The summed E-state index contributed by atoms with van der Waals surface area (Å²) in [5, 5.41) is 15.3. The minimum atomic E-state index is -0.434. The van der Waals surface area contributed by atoms with Crippen molar-refractivity contribution in [3.8, 4) is 0 Å². The highest BCUT2D eigenvalue weighted by atomic mass is 32.2. The minimum absolute atomic E-state index is 0.000551. The summed E-state index contributed by atoms with van der Waals surface area (Å²) in [5.74, 6) is 1.56. The van der Waals surface area contributed by atoms with Crippen LogP contribution in [0.15, 0.2) is 24.3 Å². The van der Waals surface area contributed by atoms with E-state index in [1.165, 1.54) is 22.9 Å². The van der Waals surface area contributed by atoms with Gasteiger partial charge in [-0.2, -0.15) is 0 Å². The normalized spacial score (nSPS) is 33.8. The van der Waals surface area contributed by atoms with Crippen LogP contribution in [0.3, 0.4) is 0 Å². The summed E-state index contributed by atoms with van der Waals surface area (Å²) in [5.41, 5.74) is 2.62. The lowest BCUT2D eigenvalue weighted by Gasteiger charge is -2.28. The summed E-state index contributed by atoms with van der Waals surface area (Å²) in [4.78, 5) is 26.2. The Labute approximate surface area is 162 Å². The van der Waals surface area contributed by atoms with Crippen LogP contribution >= 0.6 is 23.5 Å². The molecule has 2 aliphatic heterocycles. The molecule has 0 aromatic heterocycles. The molecule has 4 rings (SSSR count). The Kier molecular flexibility index (Phi) is 5.71. The Morgan fingerprint density at radius 1 is 1.04 bits per heavy atom. The number of aliphatic hydroxyl groups excluding tert-OH is 1. The van der Waals surface area contributed by atoms with E-state index in [-0.39, 0.29) is 40.6 Å². The summed E-state index contributed by atoms with van der Waals surface area (Å²) in [6.45, 7) is -0.0543. The summed E-state index contributed by atoms with van der Waals surface area (Å²) in [6.07, 6.45) is 2.59. The van der Waals surface area contributed by atoms with E-state index in [4.69, 9.17) is 0 Å². The third-order valence-electron chi connectivity index (χ3n) is 5.66. The molecule has 2 fully saturated rings. The van der Waals surface area contributed by atoms with E-state index in [1.807, 2.05) is 6.07 Å². The fourth-order valence-electron chi connectivity index (χ4n) is 4.19. The molecule has 7 heteroatoms. The third kappa shape index (κ3) is 3.47. The van der Waals surface area contributed by atoms with Crippen LogP contribution in [-0.2, 0) is 22.4 Å². The third-order valence-corrected chi connectivity index (χ3v) is 8.11. The molecule has 0 radical (unpaired) electrons. The highest BCUT2D eigenvalue weighted by Crippen LogP contribution is 2.34. The number of ketones is 2. The monoisotopic (exact) mass is 392 g/mol. The van der Waals surface area contributed by atoms with Crippen molar-refractivity contribution in [3.05, 3.63) is 35.4 Å². The number of thioether (sulfide) groups is 2. The molecule has 3 aliphatic rings. The maximum atomic E-state index is 13.2. The first-order valence-corrected chi connectivity index (χ1v) is 11.2. The van der Waals surface area contributed by atoms with E-state index in [2.05, 4.69) is 28.8 Å². The topological polar surface area (TPSA) is 78.4 Å². The van der Waals surface area contributed by atoms with Crippen molar-refractivity contribution >= 4 is 35.1 Å². The molecule has 5 atom stereocenters. The first kappa shape index (κ1) is 18.5. The largest absolute Gasteiger partial charge is 0.395 e. The molecule has 2 unspecified atom stereocenters. The first-order chi connectivity index (χ1) is 12.7. The first-order valence-electron chi connectivity index (χ1n) is 9.14. The van der Waals surface area contributed by atoms with Gasteiger partial charge in [0.2, 0.25) is 0 Å². The maximum Gasteiger partial charge on any atom is 0.165 e. The molecule has 2 saturated heterocycles. The summed E-state index contributed by atoms with van der Waals surface area (Å²) in [6, 6.07) is 7.70. The number of Topliss-reactive ketones (excluding diaryl/α,β-unsaturated/α-hetero) is 2. The van der Waals surface area contributed by atoms with Gasteiger partial charge in [-0.1, -0.05) is 24.3 Å². The molecule has 2 heterocycles. The van der Waals surface area contributed by atoms with Crippen LogP contribution < -0.4 is 10.6 Å². The summed E-state index contributed by atoms with van der Waals surface area (Å²) >= 11 is 3.08. The van der Waals surface area contributed by atoms with Gasteiger partial charge in [0.25, 0.3) is 0 Å². The van der Waals surface area contributed by atoms with Crippen molar-refractivity contribution in [1.29, 1.82) is 0 Å². The van der Waals surface area contributed by atoms with Gasteiger partial charge in [-0.3, -0.25) is 14.9 Å². The molecule has 3 N–H and O–H groups in total. The van der Waals surface area contributed by atoms with Crippen molar-refractivity contribution in [2.24, 2.45) is 5.92 Å². The Hall–Kier alpha value is -0.860. The van der Waals surface area contributed by atoms with E-state index in [9.17, 15) is 14.7 Å². The van der Waals surface area contributed by atoms with Crippen LogP contribution in [0.2, 0.25) is 0 Å². The van der Waals surface area contributed by atoms with Crippen LogP contribution in [-0.4, -0.2) is 57.6 Å². The van der Waals surface area contributed by atoms with Gasteiger partial charge < -0.3 is 10.4 Å². The molecule has 0 spiro atoms. The zero-order valence-electron chi connectivity index (χ0n) is 14.5. The van der Waals surface area contributed by atoms with Gasteiger partial charge in [0.05, 0.1) is 23.1 Å². The average Bonchev–Trinajstić information content (AvgIpc) is 3.35. The molecule has 5 nitrogen and oxygen atoms in total. The molecule has 140 valence electrons. The molecular weight excluding hydrogens is 368 g/mol. The Balaban J connectivity index is 1.46. The number of carbonyl (C=O) groups is 2. The number of rotatable bonds is 5. The molecule has 1 aliphatic carbocycles. The average molecular weight is 393 g/mol. The number of aryl methyl sites for hydroxylation is 1. The number of aliphatic hydroxyl groups is 1. The number of hydrogen-bond acceptors (Lipinski definition) is 7. The SMILES string of the molecule is O=C(C1SCN[C@@H]1C(=O)C1SCN[C@@H]1CO)[C@H]1CCc2ccccc2C1. The summed E-state index contributed by atoms with van der Waals surface area (Å²) < 4.78 is 0. The zero-order chi connectivity index (χ0) is 18.1. The van der Waals surface area contributed by atoms with Crippen molar-refractivity contribution in [2.45, 2.75) is 41.8 Å². The Morgan fingerprint density at radius 3 is 2.58 bits per heavy atom. The quantitative estimate of drug-likeness (QED) is 0.690.